The van der Waals surface area contributed by atoms with Crippen LogP contribution in [0.5, 0.6) is 0 Å². The molecule has 0 saturated carbocycles. The number of carbonyl (C=O) groups excluding carboxylic acids is 1. The number of benzene rings is 2. The molecule has 1 aliphatic heterocycles. The van der Waals surface area contributed by atoms with Crippen molar-refractivity contribution in [3.8, 4) is 0 Å². The first-order chi connectivity index (χ1) is 11.8. The summed E-state index contributed by atoms with van der Waals surface area (Å²) in [5.74, 6) is -1.36. The Morgan fingerprint density at radius 2 is 1.76 bits per heavy atom. The van der Waals surface area contributed by atoms with E-state index in [4.69, 9.17) is 34.8 Å². The number of carboxylic acids is 1. The number of fused-ring (bicyclic) bond motifs is 1. The average Bonchev–Trinajstić information content (AvgIpc) is 2.54. The molecule has 0 saturated heterocycles. The molecule has 0 radical (unpaired) electrons. The number of rotatable bonds is 3. The van der Waals surface area contributed by atoms with Crippen molar-refractivity contribution >= 4 is 52.4 Å². The molecule has 0 unspecified atom stereocenters. The Kier molecular flexibility index (Phi) is 5.08. The van der Waals surface area contributed by atoms with Crippen molar-refractivity contribution in [3.63, 3.8) is 0 Å². The van der Waals surface area contributed by atoms with Crippen molar-refractivity contribution in [1.29, 1.82) is 0 Å². The molecule has 0 bridgehead atoms. The Bertz CT molecular complexity index is 840. The van der Waals surface area contributed by atoms with Crippen molar-refractivity contribution in [3.05, 3.63) is 62.6 Å². The van der Waals surface area contributed by atoms with Gasteiger partial charge >= 0.3 is 5.97 Å². The van der Waals surface area contributed by atoms with Gasteiger partial charge in [-0.3, -0.25) is 4.79 Å². The zero-order valence-electron chi connectivity index (χ0n) is 12.7. The van der Waals surface area contributed by atoms with Crippen LogP contribution < -0.4 is 10.6 Å². The van der Waals surface area contributed by atoms with Gasteiger partial charge in [0.1, 0.15) is 6.04 Å². The fraction of sp³-hybridized carbons (Fsp3) is 0.176. The van der Waals surface area contributed by atoms with Crippen LogP contribution in [0, 0.1) is 0 Å². The molecular formula is C17H13Cl3N2O3. The van der Waals surface area contributed by atoms with Gasteiger partial charge in [0.05, 0.1) is 6.04 Å². The SMILES string of the molecule is O=C(N[C@H]1C[C@H](C(=O)O)Nc2cc(Cl)cc(Cl)c21)c1ccc(Cl)cc1. The number of hydrogen-bond donors (Lipinski definition) is 3. The topological polar surface area (TPSA) is 78.4 Å². The van der Waals surface area contributed by atoms with E-state index in [9.17, 15) is 14.7 Å². The summed E-state index contributed by atoms with van der Waals surface area (Å²) in [6.07, 6.45) is 0.156. The second kappa shape index (κ2) is 7.12. The predicted octanol–water partition coefficient (Wildman–Crippen LogP) is 4.39. The minimum atomic E-state index is -1.02. The molecule has 2 atom stereocenters. The standard InChI is InChI=1S/C17H13Cl3N2O3/c18-9-3-1-8(2-4-9)16(23)22-13-7-14(17(24)25)21-12-6-10(19)5-11(20)15(12)13/h1-6,13-14,21H,7H2,(H,22,23)(H,24,25)/t13-,14+/m0/s1. The number of carbonyl (C=O) groups is 2. The molecule has 0 aromatic heterocycles. The number of carboxylic acid groups (broad SMARTS) is 1. The van der Waals surface area contributed by atoms with Gasteiger partial charge < -0.3 is 15.7 Å². The van der Waals surface area contributed by atoms with Gasteiger partial charge in [0.15, 0.2) is 0 Å². The molecule has 0 fully saturated rings. The quantitative estimate of drug-likeness (QED) is 0.715. The number of aliphatic carboxylic acids is 1. The third-order valence-corrected chi connectivity index (χ3v) is 4.74. The first kappa shape index (κ1) is 17.9. The Labute approximate surface area is 158 Å². The highest BCUT2D eigenvalue weighted by Gasteiger charge is 2.33. The zero-order valence-corrected chi connectivity index (χ0v) is 15.0. The van der Waals surface area contributed by atoms with Crippen LogP contribution in [0.3, 0.4) is 0 Å². The highest BCUT2D eigenvalue weighted by molar-refractivity contribution is 6.35. The van der Waals surface area contributed by atoms with Crippen LogP contribution in [0.2, 0.25) is 15.1 Å². The first-order valence-corrected chi connectivity index (χ1v) is 8.53. The normalized spacial score (nSPS) is 18.8. The van der Waals surface area contributed by atoms with Crippen molar-refractivity contribution in [1.82, 2.24) is 5.32 Å². The largest absolute Gasteiger partial charge is 0.480 e. The molecule has 130 valence electrons. The van der Waals surface area contributed by atoms with Crippen LogP contribution in [-0.2, 0) is 4.79 Å². The van der Waals surface area contributed by atoms with Crippen molar-refractivity contribution < 1.29 is 14.7 Å². The monoisotopic (exact) mass is 398 g/mol. The molecule has 25 heavy (non-hydrogen) atoms. The number of hydrogen-bond acceptors (Lipinski definition) is 3. The molecular weight excluding hydrogens is 387 g/mol. The van der Waals surface area contributed by atoms with Gasteiger partial charge in [-0.15, -0.1) is 0 Å². The summed E-state index contributed by atoms with van der Waals surface area (Å²) in [5.41, 5.74) is 1.53. The second-order valence-corrected chi connectivity index (χ2v) is 6.93. The number of anilines is 1. The fourth-order valence-electron chi connectivity index (χ4n) is 2.80. The lowest BCUT2D eigenvalue weighted by molar-refractivity contribution is -0.138. The molecule has 3 rings (SSSR count). The molecule has 1 aliphatic rings. The van der Waals surface area contributed by atoms with E-state index in [1.54, 1.807) is 36.4 Å². The Morgan fingerprint density at radius 1 is 1.08 bits per heavy atom. The van der Waals surface area contributed by atoms with Gasteiger partial charge in [-0.25, -0.2) is 4.79 Å². The Balaban J connectivity index is 1.93. The lowest BCUT2D eigenvalue weighted by Gasteiger charge is -2.32. The fourth-order valence-corrected chi connectivity index (χ4v) is 3.55. The van der Waals surface area contributed by atoms with Crippen LogP contribution in [0.4, 0.5) is 5.69 Å². The highest BCUT2D eigenvalue weighted by atomic mass is 35.5. The van der Waals surface area contributed by atoms with Gasteiger partial charge in [0, 0.05) is 38.3 Å². The van der Waals surface area contributed by atoms with Crippen LogP contribution in [0.15, 0.2) is 36.4 Å². The van der Waals surface area contributed by atoms with Gasteiger partial charge in [-0.2, -0.15) is 0 Å². The smallest absolute Gasteiger partial charge is 0.326 e. The molecule has 2 aromatic rings. The van der Waals surface area contributed by atoms with E-state index in [0.717, 1.165) is 0 Å². The van der Waals surface area contributed by atoms with Crippen molar-refractivity contribution in [2.24, 2.45) is 0 Å². The van der Waals surface area contributed by atoms with Crippen molar-refractivity contribution in [2.75, 3.05) is 5.32 Å². The molecule has 3 N–H and O–H groups in total. The zero-order chi connectivity index (χ0) is 18.1. The van der Waals surface area contributed by atoms with E-state index in [0.29, 0.717) is 31.9 Å². The number of halogens is 3. The molecule has 2 aromatic carbocycles. The molecule has 8 heteroatoms. The van der Waals surface area contributed by atoms with Crippen LogP contribution in [-0.4, -0.2) is 23.0 Å². The van der Waals surface area contributed by atoms with Crippen LogP contribution in [0.1, 0.15) is 28.4 Å². The lowest BCUT2D eigenvalue weighted by Crippen LogP contribution is -2.41. The van der Waals surface area contributed by atoms with Gasteiger partial charge in [-0.05, 0) is 36.4 Å². The predicted molar refractivity (Wildman–Crippen MR) is 97.8 cm³/mol. The summed E-state index contributed by atoms with van der Waals surface area (Å²) in [6, 6.07) is 8.14. The Morgan fingerprint density at radius 3 is 2.40 bits per heavy atom. The minimum absolute atomic E-state index is 0.156. The summed E-state index contributed by atoms with van der Waals surface area (Å²) >= 11 is 18.1. The maximum Gasteiger partial charge on any atom is 0.326 e. The van der Waals surface area contributed by atoms with E-state index in [1.165, 1.54) is 0 Å². The van der Waals surface area contributed by atoms with E-state index in [1.807, 2.05) is 0 Å². The number of amides is 1. The maximum atomic E-state index is 12.5. The minimum Gasteiger partial charge on any atom is -0.480 e. The third kappa shape index (κ3) is 3.84. The summed E-state index contributed by atoms with van der Waals surface area (Å²) in [6.45, 7) is 0. The van der Waals surface area contributed by atoms with Gasteiger partial charge in [-0.1, -0.05) is 34.8 Å². The summed E-state index contributed by atoms with van der Waals surface area (Å²) < 4.78 is 0. The summed E-state index contributed by atoms with van der Waals surface area (Å²) in [4.78, 5) is 23.9. The van der Waals surface area contributed by atoms with E-state index >= 15 is 0 Å². The maximum absolute atomic E-state index is 12.5. The Hall–Kier alpha value is -1.95. The van der Waals surface area contributed by atoms with E-state index < -0.39 is 18.1 Å². The third-order valence-electron chi connectivity index (χ3n) is 3.95. The summed E-state index contributed by atoms with van der Waals surface area (Å²) in [5, 5.41) is 16.3. The molecule has 0 aliphatic carbocycles. The summed E-state index contributed by atoms with van der Waals surface area (Å²) in [7, 11) is 0. The van der Waals surface area contributed by atoms with E-state index in [2.05, 4.69) is 10.6 Å². The van der Waals surface area contributed by atoms with Crippen molar-refractivity contribution in [2.45, 2.75) is 18.5 Å². The van der Waals surface area contributed by atoms with E-state index in [-0.39, 0.29) is 12.3 Å². The molecule has 0 spiro atoms. The van der Waals surface area contributed by atoms with Crippen LogP contribution in [0.25, 0.3) is 0 Å². The van der Waals surface area contributed by atoms with Gasteiger partial charge in [0.2, 0.25) is 0 Å². The number of nitrogens with one attached hydrogen (secondary N) is 2. The molecule has 1 heterocycles. The molecule has 1 amide bonds. The molecule has 5 nitrogen and oxygen atoms in total. The highest BCUT2D eigenvalue weighted by Crippen LogP contribution is 2.40. The first-order valence-electron chi connectivity index (χ1n) is 7.40. The van der Waals surface area contributed by atoms with Crippen LogP contribution >= 0.6 is 34.8 Å². The van der Waals surface area contributed by atoms with Gasteiger partial charge in [0.25, 0.3) is 5.91 Å². The second-order valence-electron chi connectivity index (χ2n) is 5.65. The average molecular weight is 400 g/mol. The lowest BCUT2D eigenvalue weighted by atomic mass is 9.92.